The minimum absolute atomic E-state index is 0. The second-order valence-electron chi connectivity index (χ2n) is 6.92. The lowest BCUT2D eigenvalue weighted by atomic mass is 10.0. The van der Waals surface area contributed by atoms with E-state index in [1.165, 1.54) is 11.9 Å². The molecule has 2 aromatic rings. The number of fused-ring (bicyclic) bond motifs is 1. The number of nitrogens with zero attached hydrogens (tertiary/aromatic N) is 5. The fourth-order valence-corrected chi connectivity index (χ4v) is 3.61. The van der Waals surface area contributed by atoms with Gasteiger partial charge < -0.3 is 15.5 Å². The Kier molecular flexibility index (Phi) is 8.62. The lowest BCUT2D eigenvalue weighted by molar-refractivity contribution is 0.0698. The van der Waals surface area contributed by atoms with Crippen molar-refractivity contribution in [1.82, 2.24) is 35.3 Å². The number of aryl methyl sites for hydroxylation is 1. The summed E-state index contributed by atoms with van der Waals surface area (Å²) in [5.41, 5.74) is 2.79. The largest absolute Gasteiger partial charge is 0.337 e. The third kappa shape index (κ3) is 5.41. The average molecular weight is 428 g/mol. The van der Waals surface area contributed by atoms with Crippen molar-refractivity contribution in [2.24, 2.45) is 0 Å². The molecule has 0 bridgehead atoms. The van der Waals surface area contributed by atoms with Crippen LogP contribution in [-0.2, 0) is 19.6 Å². The molecule has 4 rings (SSSR count). The standard InChI is InChI=1S/C18H25N7O.2ClH/c26-18(17-13-20-5-6-21-17)24-8-2-14(3-9-24)22-11-15-10-16-12-19-4-1-7-25(16)23-15;;/h5-6,10,13-14,19,22H,1-4,7-9,11-12H2;2*1H. The normalized spacial score (nSPS) is 17.1. The lowest BCUT2D eigenvalue weighted by Crippen LogP contribution is -2.45. The number of amides is 1. The molecule has 2 aromatic heterocycles. The summed E-state index contributed by atoms with van der Waals surface area (Å²) in [4.78, 5) is 22.4. The summed E-state index contributed by atoms with van der Waals surface area (Å²) in [6.07, 6.45) is 7.69. The van der Waals surface area contributed by atoms with Crippen molar-refractivity contribution in [2.45, 2.75) is 44.9 Å². The molecule has 1 fully saturated rings. The first kappa shape index (κ1) is 22.5. The Hall–Kier alpha value is -1.74. The lowest BCUT2D eigenvalue weighted by Gasteiger charge is -2.32. The third-order valence-electron chi connectivity index (χ3n) is 5.08. The van der Waals surface area contributed by atoms with Gasteiger partial charge in [0.15, 0.2) is 0 Å². The van der Waals surface area contributed by atoms with E-state index in [0.29, 0.717) is 11.7 Å². The quantitative estimate of drug-likeness (QED) is 0.766. The van der Waals surface area contributed by atoms with Gasteiger partial charge in [-0.3, -0.25) is 14.5 Å². The summed E-state index contributed by atoms with van der Waals surface area (Å²) in [5, 5.41) is 11.7. The molecule has 2 aliphatic rings. The van der Waals surface area contributed by atoms with Gasteiger partial charge >= 0.3 is 0 Å². The molecule has 10 heteroatoms. The molecular formula is C18H27Cl2N7O. The van der Waals surface area contributed by atoms with Crippen molar-refractivity contribution in [3.8, 4) is 0 Å². The molecule has 1 amide bonds. The van der Waals surface area contributed by atoms with Gasteiger partial charge in [-0.25, -0.2) is 4.98 Å². The van der Waals surface area contributed by atoms with Crippen LogP contribution >= 0.6 is 24.8 Å². The predicted molar refractivity (Wildman–Crippen MR) is 111 cm³/mol. The van der Waals surface area contributed by atoms with Gasteiger partial charge in [0.1, 0.15) is 5.69 Å². The number of carbonyl (C=O) groups excluding carboxylic acids is 1. The molecule has 0 aromatic carbocycles. The van der Waals surface area contributed by atoms with E-state index in [2.05, 4.69) is 31.3 Å². The van der Waals surface area contributed by atoms with E-state index in [1.54, 1.807) is 12.4 Å². The molecule has 28 heavy (non-hydrogen) atoms. The Balaban J connectivity index is 0.00000140. The van der Waals surface area contributed by atoms with Crippen LogP contribution in [0.15, 0.2) is 24.7 Å². The van der Waals surface area contributed by atoms with Crippen LogP contribution in [0.4, 0.5) is 0 Å². The highest BCUT2D eigenvalue weighted by molar-refractivity contribution is 5.92. The maximum Gasteiger partial charge on any atom is 0.274 e. The molecule has 0 aliphatic carbocycles. The number of aromatic nitrogens is 4. The first-order valence-corrected chi connectivity index (χ1v) is 9.34. The van der Waals surface area contributed by atoms with Crippen LogP contribution < -0.4 is 10.6 Å². The minimum atomic E-state index is -0.0260. The maximum atomic E-state index is 12.4. The van der Waals surface area contributed by atoms with Crippen LogP contribution in [-0.4, -0.2) is 56.2 Å². The van der Waals surface area contributed by atoms with Gasteiger partial charge in [0, 0.05) is 51.2 Å². The van der Waals surface area contributed by atoms with Gasteiger partial charge in [0.05, 0.1) is 17.6 Å². The van der Waals surface area contributed by atoms with Gasteiger partial charge in [-0.05, 0) is 31.9 Å². The Morgan fingerprint density at radius 2 is 2.04 bits per heavy atom. The number of rotatable bonds is 4. The number of piperidine rings is 1. The van der Waals surface area contributed by atoms with Crippen molar-refractivity contribution < 1.29 is 4.79 Å². The van der Waals surface area contributed by atoms with Crippen molar-refractivity contribution >= 4 is 30.7 Å². The topological polar surface area (TPSA) is 88.0 Å². The molecule has 0 spiro atoms. The van der Waals surface area contributed by atoms with E-state index < -0.39 is 0 Å². The first-order chi connectivity index (χ1) is 12.8. The summed E-state index contributed by atoms with van der Waals surface area (Å²) < 4.78 is 2.12. The van der Waals surface area contributed by atoms with Crippen molar-refractivity contribution in [1.29, 1.82) is 0 Å². The summed E-state index contributed by atoms with van der Waals surface area (Å²) in [5.74, 6) is -0.0260. The summed E-state index contributed by atoms with van der Waals surface area (Å²) in [6, 6.07) is 2.61. The summed E-state index contributed by atoms with van der Waals surface area (Å²) in [7, 11) is 0. The monoisotopic (exact) mass is 427 g/mol. The molecule has 0 saturated carbocycles. The Labute approximate surface area is 177 Å². The van der Waals surface area contributed by atoms with E-state index in [1.807, 2.05) is 4.90 Å². The molecule has 0 atom stereocenters. The zero-order chi connectivity index (χ0) is 17.8. The van der Waals surface area contributed by atoms with Crippen LogP contribution in [0.25, 0.3) is 0 Å². The molecule has 4 heterocycles. The second kappa shape index (κ2) is 10.7. The molecule has 2 aliphatic heterocycles. The second-order valence-corrected chi connectivity index (χ2v) is 6.92. The number of hydrogen-bond acceptors (Lipinski definition) is 6. The van der Waals surface area contributed by atoms with Gasteiger partial charge in [-0.15, -0.1) is 24.8 Å². The zero-order valence-corrected chi connectivity index (χ0v) is 17.3. The summed E-state index contributed by atoms with van der Waals surface area (Å²) in [6.45, 7) is 5.22. The highest BCUT2D eigenvalue weighted by Crippen LogP contribution is 2.14. The molecule has 8 nitrogen and oxygen atoms in total. The number of likely N-dealkylation sites (tertiary alicyclic amines) is 1. The van der Waals surface area contributed by atoms with Crippen molar-refractivity contribution in [2.75, 3.05) is 19.6 Å². The van der Waals surface area contributed by atoms with E-state index in [9.17, 15) is 4.79 Å². The molecule has 154 valence electrons. The fourth-order valence-electron chi connectivity index (χ4n) is 3.61. The highest BCUT2D eigenvalue weighted by Gasteiger charge is 2.24. The maximum absolute atomic E-state index is 12.4. The Morgan fingerprint density at radius 3 is 2.79 bits per heavy atom. The Morgan fingerprint density at radius 1 is 1.21 bits per heavy atom. The number of nitrogens with one attached hydrogen (secondary N) is 2. The molecule has 1 saturated heterocycles. The molecule has 2 N–H and O–H groups in total. The minimum Gasteiger partial charge on any atom is -0.337 e. The van der Waals surface area contributed by atoms with Crippen LogP contribution in [0.1, 0.15) is 41.1 Å². The van der Waals surface area contributed by atoms with Gasteiger partial charge in [-0.1, -0.05) is 0 Å². The molecular weight excluding hydrogens is 401 g/mol. The van der Waals surface area contributed by atoms with Crippen LogP contribution in [0, 0.1) is 0 Å². The zero-order valence-electron chi connectivity index (χ0n) is 15.7. The molecule has 0 unspecified atom stereocenters. The van der Waals surface area contributed by atoms with Crippen molar-refractivity contribution in [3.63, 3.8) is 0 Å². The third-order valence-corrected chi connectivity index (χ3v) is 5.08. The van der Waals surface area contributed by atoms with E-state index in [4.69, 9.17) is 5.10 Å². The Bertz CT molecular complexity index is 724. The fraction of sp³-hybridized carbons (Fsp3) is 0.556. The van der Waals surface area contributed by atoms with Gasteiger partial charge in [0.2, 0.25) is 0 Å². The summed E-state index contributed by atoms with van der Waals surface area (Å²) >= 11 is 0. The predicted octanol–water partition coefficient (Wildman–Crippen LogP) is 1.40. The van der Waals surface area contributed by atoms with Crippen LogP contribution in [0.3, 0.4) is 0 Å². The molecule has 0 radical (unpaired) electrons. The van der Waals surface area contributed by atoms with E-state index >= 15 is 0 Å². The number of carbonyl (C=O) groups is 1. The smallest absolute Gasteiger partial charge is 0.274 e. The number of hydrogen-bond donors (Lipinski definition) is 2. The van der Waals surface area contributed by atoms with Crippen LogP contribution in [0.5, 0.6) is 0 Å². The first-order valence-electron chi connectivity index (χ1n) is 9.34. The van der Waals surface area contributed by atoms with Gasteiger partial charge in [0.25, 0.3) is 5.91 Å². The SMILES string of the molecule is Cl.Cl.O=C(c1cnccn1)N1CCC(NCc2cc3n(n2)CCCNC3)CC1. The average Bonchev–Trinajstić information content (AvgIpc) is 2.96. The van der Waals surface area contributed by atoms with Crippen LogP contribution in [0.2, 0.25) is 0 Å². The van der Waals surface area contributed by atoms with E-state index in [0.717, 1.165) is 64.2 Å². The number of halogens is 2. The van der Waals surface area contributed by atoms with Gasteiger partial charge in [-0.2, -0.15) is 5.10 Å². The van der Waals surface area contributed by atoms with Crippen molar-refractivity contribution in [3.05, 3.63) is 41.7 Å². The van der Waals surface area contributed by atoms with E-state index in [-0.39, 0.29) is 30.7 Å². The highest BCUT2D eigenvalue weighted by atomic mass is 35.5.